The van der Waals surface area contributed by atoms with Crippen molar-refractivity contribution in [3.63, 3.8) is 0 Å². The van der Waals surface area contributed by atoms with Gasteiger partial charge >= 0.3 is 5.97 Å². The number of carboxylic acids is 1. The van der Waals surface area contributed by atoms with Crippen LogP contribution in [0.3, 0.4) is 0 Å². The molecule has 4 nitrogen and oxygen atoms in total. The summed E-state index contributed by atoms with van der Waals surface area (Å²) in [4.78, 5) is 23.3. The van der Waals surface area contributed by atoms with E-state index in [0.717, 1.165) is 15.7 Å². The Labute approximate surface area is 123 Å². The molecule has 1 heterocycles. The molecule has 1 aliphatic rings. The Bertz CT molecular complexity index is 487. The van der Waals surface area contributed by atoms with Crippen LogP contribution in [0, 0.1) is 8.30 Å². The van der Waals surface area contributed by atoms with Crippen LogP contribution in [-0.4, -0.2) is 23.0 Å². The van der Waals surface area contributed by atoms with Gasteiger partial charge in [0.25, 0.3) is 5.91 Å². The third-order valence-electron chi connectivity index (χ3n) is 3.58. The molecule has 2 rings (SSSR count). The number of carboxylic acid groups (broad SMARTS) is 1. The van der Waals surface area contributed by atoms with Gasteiger partial charge in [0.05, 0.1) is 13.9 Å². The molecule has 2 atom stereocenters. The van der Waals surface area contributed by atoms with Crippen molar-refractivity contribution in [2.24, 2.45) is 5.41 Å². The van der Waals surface area contributed by atoms with Gasteiger partial charge in [0.2, 0.25) is 0 Å². The zero-order valence-electron chi connectivity index (χ0n) is 9.90. The van der Waals surface area contributed by atoms with E-state index < -0.39 is 11.4 Å². The number of thiophene rings is 1. The van der Waals surface area contributed by atoms with Crippen molar-refractivity contribution in [2.75, 3.05) is 0 Å². The first-order chi connectivity index (χ1) is 8.43. The van der Waals surface area contributed by atoms with Crippen LogP contribution >= 0.6 is 33.9 Å². The van der Waals surface area contributed by atoms with E-state index in [1.165, 1.54) is 11.3 Å². The first kappa shape index (κ1) is 13.8. The highest BCUT2D eigenvalue weighted by atomic mass is 127. The van der Waals surface area contributed by atoms with E-state index in [9.17, 15) is 14.7 Å². The smallest absolute Gasteiger partial charge is 0.311 e. The Morgan fingerprint density at radius 1 is 1.61 bits per heavy atom. The normalized spacial score (nSPS) is 27.1. The molecule has 0 radical (unpaired) electrons. The molecule has 2 unspecified atom stereocenters. The highest BCUT2D eigenvalue weighted by Crippen LogP contribution is 2.38. The largest absolute Gasteiger partial charge is 0.481 e. The first-order valence-corrected chi connectivity index (χ1v) is 7.67. The maximum Gasteiger partial charge on any atom is 0.311 e. The van der Waals surface area contributed by atoms with Crippen molar-refractivity contribution in [2.45, 2.75) is 32.2 Å². The van der Waals surface area contributed by atoms with Crippen LogP contribution in [-0.2, 0) is 4.79 Å². The van der Waals surface area contributed by atoms with Gasteiger partial charge in [-0.25, -0.2) is 0 Å². The highest BCUT2D eigenvalue weighted by Gasteiger charge is 2.45. The summed E-state index contributed by atoms with van der Waals surface area (Å²) in [5.74, 6) is -1.00. The zero-order chi connectivity index (χ0) is 13.3. The van der Waals surface area contributed by atoms with Gasteiger partial charge in [0.15, 0.2) is 0 Å². The average Bonchev–Trinajstić information content (AvgIpc) is 2.87. The summed E-state index contributed by atoms with van der Waals surface area (Å²) < 4.78 is 1.05. The Morgan fingerprint density at radius 2 is 2.33 bits per heavy atom. The molecular weight excluding hydrogens is 365 g/mol. The van der Waals surface area contributed by atoms with Crippen molar-refractivity contribution in [1.29, 1.82) is 0 Å². The molecule has 0 saturated heterocycles. The van der Waals surface area contributed by atoms with Gasteiger partial charge in [-0.05, 0) is 48.4 Å². The van der Waals surface area contributed by atoms with E-state index in [0.29, 0.717) is 12.0 Å². The van der Waals surface area contributed by atoms with Crippen LogP contribution in [0.4, 0.5) is 0 Å². The highest BCUT2D eigenvalue weighted by molar-refractivity contribution is 14.1. The predicted molar refractivity (Wildman–Crippen MR) is 77.9 cm³/mol. The number of rotatable bonds is 3. The summed E-state index contributed by atoms with van der Waals surface area (Å²) in [6, 6.07) is 1.54. The number of carbonyl (C=O) groups excluding carboxylic acids is 1. The summed E-state index contributed by atoms with van der Waals surface area (Å²) in [7, 11) is 0. The molecule has 1 fully saturated rings. The lowest BCUT2D eigenvalue weighted by Gasteiger charge is -2.27. The fraction of sp³-hybridized carbons (Fsp3) is 0.500. The standard InChI is InChI=1S/C12H14INO3S/c1-12(11(16)17)4-2-3-8(12)14-10(15)7-5-9(13)18-6-7/h5-6,8H,2-4H2,1H3,(H,14,15)(H,16,17). The fourth-order valence-electron chi connectivity index (χ4n) is 2.32. The first-order valence-electron chi connectivity index (χ1n) is 5.72. The molecule has 2 N–H and O–H groups in total. The lowest BCUT2D eigenvalue weighted by atomic mass is 9.85. The van der Waals surface area contributed by atoms with E-state index in [4.69, 9.17) is 0 Å². The summed E-state index contributed by atoms with van der Waals surface area (Å²) in [6.07, 6.45) is 2.19. The minimum Gasteiger partial charge on any atom is -0.481 e. The van der Waals surface area contributed by atoms with E-state index in [1.807, 2.05) is 6.07 Å². The van der Waals surface area contributed by atoms with Crippen molar-refractivity contribution in [3.05, 3.63) is 19.9 Å². The number of aliphatic carboxylic acids is 1. The van der Waals surface area contributed by atoms with Gasteiger partial charge in [-0.1, -0.05) is 6.42 Å². The van der Waals surface area contributed by atoms with Gasteiger partial charge in [0.1, 0.15) is 0 Å². The van der Waals surface area contributed by atoms with Crippen LogP contribution in [0.5, 0.6) is 0 Å². The molecule has 0 aliphatic heterocycles. The quantitative estimate of drug-likeness (QED) is 0.794. The maximum atomic E-state index is 12.0. The Hall–Kier alpha value is -0.630. The molecule has 0 bridgehead atoms. The number of nitrogens with one attached hydrogen (secondary N) is 1. The number of carbonyl (C=O) groups is 2. The monoisotopic (exact) mass is 379 g/mol. The molecule has 0 aromatic carbocycles. The van der Waals surface area contributed by atoms with Gasteiger partial charge in [-0.15, -0.1) is 11.3 Å². The van der Waals surface area contributed by atoms with Crippen LogP contribution in [0.25, 0.3) is 0 Å². The fourth-order valence-corrected chi connectivity index (χ4v) is 3.65. The van der Waals surface area contributed by atoms with Crippen molar-refractivity contribution in [1.82, 2.24) is 5.32 Å². The topological polar surface area (TPSA) is 66.4 Å². The molecule has 1 aromatic heterocycles. The van der Waals surface area contributed by atoms with Crippen LogP contribution < -0.4 is 5.32 Å². The van der Waals surface area contributed by atoms with Crippen LogP contribution in [0.2, 0.25) is 0 Å². The molecule has 1 amide bonds. The average molecular weight is 379 g/mol. The Balaban J connectivity index is 2.10. The Morgan fingerprint density at radius 3 is 2.89 bits per heavy atom. The minimum absolute atomic E-state index is 0.173. The lowest BCUT2D eigenvalue weighted by molar-refractivity contribution is -0.148. The number of halogens is 1. The third kappa shape index (κ3) is 2.54. The van der Waals surface area contributed by atoms with E-state index in [1.54, 1.807) is 12.3 Å². The summed E-state index contributed by atoms with van der Waals surface area (Å²) in [6.45, 7) is 1.71. The summed E-state index contributed by atoms with van der Waals surface area (Å²) in [5.41, 5.74) is -0.220. The zero-order valence-corrected chi connectivity index (χ0v) is 12.9. The van der Waals surface area contributed by atoms with Gasteiger partial charge in [-0.3, -0.25) is 9.59 Å². The summed E-state index contributed by atoms with van der Waals surface area (Å²) >= 11 is 3.67. The molecule has 18 heavy (non-hydrogen) atoms. The van der Waals surface area contributed by atoms with E-state index in [-0.39, 0.29) is 11.9 Å². The van der Waals surface area contributed by atoms with Gasteiger partial charge in [0, 0.05) is 11.4 Å². The van der Waals surface area contributed by atoms with E-state index in [2.05, 4.69) is 27.9 Å². The number of hydrogen-bond donors (Lipinski definition) is 2. The minimum atomic E-state index is -0.834. The molecule has 1 aromatic rings. The van der Waals surface area contributed by atoms with Crippen LogP contribution in [0.1, 0.15) is 36.5 Å². The second-order valence-corrected chi connectivity index (χ2v) is 7.59. The molecule has 6 heteroatoms. The second kappa shape index (κ2) is 5.16. The van der Waals surface area contributed by atoms with Crippen molar-refractivity contribution >= 4 is 45.8 Å². The molecule has 98 valence electrons. The number of amides is 1. The Kier molecular flexibility index (Phi) is 3.96. The second-order valence-electron chi connectivity index (χ2n) is 4.78. The molecular formula is C12H14INO3S. The van der Waals surface area contributed by atoms with E-state index >= 15 is 0 Å². The number of hydrogen-bond acceptors (Lipinski definition) is 3. The predicted octanol–water partition coefficient (Wildman–Crippen LogP) is 2.73. The maximum absolute atomic E-state index is 12.0. The van der Waals surface area contributed by atoms with Crippen molar-refractivity contribution < 1.29 is 14.7 Å². The lowest BCUT2D eigenvalue weighted by Crippen LogP contribution is -2.46. The van der Waals surface area contributed by atoms with Gasteiger partial charge in [-0.2, -0.15) is 0 Å². The van der Waals surface area contributed by atoms with Gasteiger partial charge < -0.3 is 10.4 Å². The third-order valence-corrected chi connectivity index (χ3v) is 5.37. The molecule has 0 spiro atoms. The molecule has 1 saturated carbocycles. The summed E-state index contributed by atoms with van der Waals surface area (Å²) in [5, 5.41) is 13.9. The molecule has 1 aliphatic carbocycles. The SMILES string of the molecule is CC1(C(=O)O)CCCC1NC(=O)c1csc(I)c1. The van der Waals surface area contributed by atoms with Crippen molar-refractivity contribution in [3.8, 4) is 0 Å². The van der Waals surface area contributed by atoms with Crippen LogP contribution in [0.15, 0.2) is 11.4 Å².